The lowest BCUT2D eigenvalue weighted by Crippen LogP contribution is -2.81. The van der Waals surface area contributed by atoms with Crippen molar-refractivity contribution in [3.8, 4) is 0 Å². The zero-order valence-corrected chi connectivity index (χ0v) is 73.9. The van der Waals surface area contributed by atoms with Crippen LogP contribution in [-0.2, 0) is 57.0 Å². The van der Waals surface area contributed by atoms with Gasteiger partial charge in [-0.05, 0) is 57.8 Å². The minimum Gasteiger partial charge on any atom is -0.462 e. The lowest BCUT2D eigenvalue weighted by atomic mass is 9.77. The summed E-state index contributed by atoms with van der Waals surface area (Å²) in [6.45, 7) is 11.1. The molecular formula is C92H175N2O17P. The number of aliphatic hydroxyl groups is 3. The van der Waals surface area contributed by atoms with Crippen molar-refractivity contribution in [2.24, 2.45) is 0 Å². The highest BCUT2D eigenvalue weighted by Gasteiger charge is 2.73. The molecule has 1 aliphatic rings. The summed E-state index contributed by atoms with van der Waals surface area (Å²) in [7, 11) is -6.10. The molecule has 3 unspecified atom stereocenters. The number of Topliss-reactive ketones (excluding diaryl/α,β-unsaturated/α-hetero) is 1. The van der Waals surface area contributed by atoms with Crippen molar-refractivity contribution in [1.82, 2.24) is 10.6 Å². The lowest BCUT2D eigenvalue weighted by Gasteiger charge is -2.54. The SMILES string of the molecule is CCCCCCCCCCCCCC(=O)OC(CCCCCCCCCCC)CC(=O)NCCO[C@H]1O[C@H](CO)[C@](O)(P(=O)(O)O)[C@H](O)[C@@]1(NC(=O)CC(CCCCCCCCCCC)OC(=O)CCCCCCCCCCCCC)C(=O)CC(CCCCCCCCCCC)OC(=O)CCCCCCCCCCCCC. The van der Waals surface area contributed by atoms with E-state index >= 15 is 9.59 Å². The average molecular weight is 1610 g/mol. The summed E-state index contributed by atoms with van der Waals surface area (Å²) < 4.78 is 44.8. The summed E-state index contributed by atoms with van der Waals surface area (Å²) >= 11 is 0. The number of ether oxygens (including phenoxy) is 5. The smallest absolute Gasteiger partial charge is 0.362 e. The second-order valence-electron chi connectivity index (χ2n) is 33.6. The van der Waals surface area contributed by atoms with Crippen molar-refractivity contribution in [3.63, 3.8) is 0 Å². The maximum absolute atomic E-state index is 16.1. The van der Waals surface area contributed by atoms with Crippen molar-refractivity contribution in [1.29, 1.82) is 0 Å². The number of esters is 3. The molecule has 20 heteroatoms. The van der Waals surface area contributed by atoms with E-state index in [4.69, 9.17) is 23.7 Å². The number of aliphatic hydroxyl groups excluding tert-OH is 2. The number of carbonyl (C=O) groups is 6. The molecule has 0 aromatic rings. The molecule has 7 N–H and O–H groups in total. The molecule has 8 atom stereocenters. The highest BCUT2D eigenvalue weighted by atomic mass is 31.2. The molecule has 660 valence electrons. The van der Waals surface area contributed by atoms with E-state index in [9.17, 15) is 48.8 Å². The fourth-order valence-corrected chi connectivity index (χ4v) is 16.9. The number of rotatable bonds is 83. The standard InChI is InChI=1S/C92H175N2O17P/c1-7-13-19-25-31-37-40-46-52-58-64-70-86(99)108-79(67-61-55-49-43-34-28-22-16-10-4)75-82(96)91(94-85(98)77-81(69-63-57-51-45-36-30-24-18-12-6)110-88(101)72-66-60-54-48-42-39-33-27-21-15-9-3)89(102)92(103,112(104,105)106)83(78-95)111-90(91)107-74-73-93-84(97)76-80(68-62-56-50-44-35-29-23-17-11-5)109-87(100)71-65-59-53-47-41-38-32-26-20-14-8-2/h79-81,83,89-90,95,102-103H,7-78H2,1-6H3,(H,93,97)(H,94,98)(H2,104,105,106)/t79?,80?,81?,83-,89-,90+,91+,92+/m1/s1. The van der Waals surface area contributed by atoms with E-state index in [0.717, 1.165) is 186 Å². The van der Waals surface area contributed by atoms with Crippen molar-refractivity contribution in [2.45, 2.75) is 532 Å². The van der Waals surface area contributed by atoms with Gasteiger partial charge in [-0.3, -0.25) is 33.3 Å². The zero-order valence-electron chi connectivity index (χ0n) is 73.0. The summed E-state index contributed by atoms with van der Waals surface area (Å²) in [4.78, 5) is 109. The van der Waals surface area contributed by atoms with Gasteiger partial charge in [-0.15, -0.1) is 0 Å². The number of amides is 2. The molecule has 1 rings (SSSR count). The maximum Gasteiger partial charge on any atom is 0.362 e. The van der Waals surface area contributed by atoms with Gasteiger partial charge in [0.15, 0.2) is 17.6 Å². The highest BCUT2D eigenvalue weighted by Crippen LogP contribution is 2.58. The van der Waals surface area contributed by atoms with E-state index in [0.29, 0.717) is 38.5 Å². The van der Waals surface area contributed by atoms with Gasteiger partial charge in [-0.25, -0.2) is 0 Å². The Bertz CT molecular complexity index is 2310. The Labute approximate surface area is 684 Å². The van der Waals surface area contributed by atoms with Gasteiger partial charge in [0, 0.05) is 32.2 Å². The molecule has 1 aliphatic heterocycles. The van der Waals surface area contributed by atoms with Gasteiger partial charge in [0.25, 0.3) is 0 Å². The molecule has 0 saturated carbocycles. The first-order valence-electron chi connectivity index (χ1n) is 47.4. The average Bonchev–Trinajstić information content (AvgIpc) is 0.707. The Morgan fingerprint density at radius 3 is 0.893 bits per heavy atom. The van der Waals surface area contributed by atoms with Crippen LogP contribution in [0.4, 0.5) is 0 Å². The van der Waals surface area contributed by atoms with E-state index in [1.165, 1.54) is 167 Å². The van der Waals surface area contributed by atoms with E-state index in [2.05, 4.69) is 52.2 Å². The van der Waals surface area contributed by atoms with Gasteiger partial charge in [0.2, 0.25) is 17.2 Å². The van der Waals surface area contributed by atoms with Crippen molar-refractivity contribution < 1.29 is 82.1 Å². The summed E-state index contributed by atoms with van der Waals surface area (Å²) in [5.74, 6) is -4.10. The molecule has 1 saturated heterocycles. The number of nitrogens with one attached hydrogen (secondary N) is 2. The third kappa shape index (κ3) is 53.4. The first-order chi connectivity index (χ1) is 54.3. The van der Waals surface area contributed by atoms with Crippen LogP contribution >= 0.6 is 7.60 Å². The molecule has 1 fully saturated rings. The molecule has 0 radical (unpaired) electrons. The van der Waals surface area contributed by atoms with Crippen molar-refractivity contribution in [3.05, 3.63) is 0 Å². The van der Waals surface area contributed by atoms with Crippen LogP contribution in [0.25, 0.3) is 0 Å². The number of hydrogen-bond donors (Lipinski definition) is 7. The van der Waals surface area contributed by atoms with Gasteiger partial charge in [0.1, 0.15) is 30.5 Å². The fraction of sp³-hybridized carbons (Fsp3) is 0.935. The summed E-state index contributed by atoms with van der Waals surface area (Å²) in [5.41, 5.74) is -3.12. The number of ketones is 1. The number of hydrogen-bond acceptors (Lipinski definition) is 15. The van der Waals surface area contributed by atoms with E-state index in [1.54, 1.807) is 0 Å². The minimum absolute atomic E-state index is 0.0564. The number of unbranched alkanes of at least 4 members (excludes halogenated alkanes) is 54. The topological polar surface area (TPSA) is 291 Å². The molecular weight excluding hydrogens is 1440 g/mol. The molecule has 2 amide bonds. The molecule has 112 heavy (non-hydrogen) atoms. The Hall–Kier alpha value is -3.03. The van der Waals surface area contributed by atoms with Gasteiger partial charge < -0.3 is 59.4 Å². The van der Waals surface area contributed by atoms with Crippen molar-refractivity contribution >= 4 is 43.1 Å². The van der Waals surface area contributed by atoms with Crippen LogP contribution in [0.3, 0.4) is 0 Å². The lowest BCUT2D eigenvalue weighted by molar-refractivity contribution is -0.305. The Kier molecular flexibility index (Phi) is 69.9. The van der Waals surface area contributed by atoms with E-state index in [1.807, 2.05) is 0 Å². The Balaban J connectivity index is 3.88. The molecule has 0 bridgehead atoms. The Morgan fingerprint density at radius 2 is 0.625 bits per heavy atom. The predicted molar refractivity (Wildman–Crippen MR) is 456 cm³/mol. The van der Waals surface area contributed by atoms with E-state index in [-0.39, 0.29) is 51.0 Å². The van der Waals surface area contributed by atoms with Gasteiger partial charge in [-0.1, -0.05) is 388 Å². The monoisotopic (exact) mass is 1610 g/mol. The van der Waals surface area contributed by atoms with Crippen LogP contribution in [0.15, 0.2) is 0 Å². The normalized spacial score (nSPS) is 18.0. The second kappa shape index (κ2) is 73.1. The predicted octanol–water partition coefficient (Wildman–Crippen LogP) is 23.3. The third-order valence-corrected chi connectivity index (χ3v) is 24.5. The summed E-state index contributed by atoms with van der Waals surface area (Å²) in [6, 6.07) is 0. The Morgan fingerprint density at radius 1 is 0.375 bits per heavy atom. The third-order valence-electron chi connectivity index (χ3n) is 23.1. The molecule has 1 heterocycles. The van der Waals surface area contributed by atoms with Crippen molar-refractivity contribution in [2.75, 3.05) is 19.8 Å². The molecule has 19 nitrogen and oxygen atoms in total. The largest absolute Gasteiger partial charge is 0.462 e. The maximum atomic E-state index is 16.1. The van der Waals surface area contributed by atoms with Crippen LogP contribution < -0.4 is 10.6 Å². The van der Waals surface area contributed by atoms with Crippen LogP contribution in [0.5, 0.6) is 0 Å². The van der Waals surface area contributed by atoms with Crippen LogP contribution in [0.1, 0.15) is 485 Å². The first kappa shape index (κ1) is 107. The molecule has 0 aromatic heterocycles. The quantitative estimate of drug-likeness (QED) is 0.0129. The van der Waals surface area contributed by atoms with Crippen LogP contribution in [-0.4, -0.2) is 128 Å². The number of carbonyl (C=O) groups excluding carboxylic acids is 6. The van der Waals surface area contributed by atoms with Crippen LogP contribution in [0.2, 0.25) is 0 Å². The van der Waals surface area contributed by atoms with E-state index < -0.39 is 111 Å². The summed E-state index contributed by atoms with van der Waals surface area (Å²) in [6.07, 6.45) is 53.1. The molecule has 0 aromatic carbocycles. The highest BCUT2D eigenvalue weighted by molar-refractivity contribution is 7.53. The van der Waals surface area contributed by atoms with Gasteiger partial charge >= 0.3 is 25.5 Å². The zero-order chi connectivity index (χ0) is 82.3. The molecule has 0 aliphatic carbocycles. The van der Waals surface area contributed by atoms with Gasteiger partial charge in [-0.2, -0.15) is 0 Å². The van der Waals surface area contributed by atoms with Gasteiger partial charge in [0.05, 0.1) is 26.1 Å². The minimum atomic E-state index is -6.10. The summed E-state index contributed by atoms with van der Waals surface area (Å²) in [5, 5.41) is 38.0. The molecule has 0 spiro atoms. The first-order valence-corrected chi connectivity index (χ1v) is 49.0. The van der Waals surface area contributed by atoms with Crippen LogP contribution in [0, 0.1) is 0 Å². The second-order valence-corrected chi connectivity index (χ2v) is 35.4. The fourth-order valence-electron chi connectivity index (χ4n) is 15.9.